The maximum absolute atomic E-state index is 12.4. The van der Waals surface area contributed by atoms with Crippen LogP contribution in [0.4, 0.5) is 0 Å². The quantitative estimate of drug-likeness (QED) is 0.722. The molecule has 19 heavy (non-hydrogen) atoms. The highest BCUT2D eigenvalue weighted by atomic mass is 16.4. The Morgan fingerprint density at radius 3 is 2.16 bits per heavy atom. The summed E-state index contributed by atoms with van der Waals surface area (Å²) in [6.45, 7) is 7.20. The zero-order chi connectivity index (χ0) is 14.8. The van der Waals surface area contributed by atoms with Gasteiger partial charge in [0, 0.05) is 11.6 Å². The molecule has 1 rings (SSSR count). The first kappa shape index (κ1) is 16.0. The third-order valence-corrected chi connectivity index (χ3v) is 4.58. The molecule has 0 spiro atoms. The van der Waals surface area contributed by atoms with E-state index in [1.165, 1.54) is 0 Å². The molecule has 5 nitrogen and oxygen atoms in total. The van der Waals surface area contributed by atoms with Crippen LogP contribution in [0.2, 0.25) is 0 Å². The number of hydrogen-bond acceptors (Lipinski definition) is 3. The van der Waals surface area contributed by atoms with E-state index in [4.69, 9.17) is 5.73 Å². The molecule has 0 aliphatic heterocycles. The molecule has 0 bridgehead atoms. The van der Waals surface area contributed by atoms with Crippen LogP contribution in [0.15, 0.2) is 0 Å². The van der Waals surface area contributed by atoms with Gasteiger partial charge < -0.3 is 16.2 Å². The number of carboxylic acids is 1. The normalized spacial score (nSPS) is 24.9. The van der Waals surface area contributed by atoms with Gasteiger partial charge in [-0.15, -0.1) is 0 Å². The Morgan fingerprint density at radius 2 is 1.68 bits per heavy atom. The number of carboxylic acid groups (broad SMARTS) is 1. The van der Waals surface area contributed by atoms with Crippen LogP contribution in [0.25, 0.3) is 0 Å². The third kappa shape index (κ3) is 3.47. The van der Waals surface area contributed by atoms with Gasteiger partial charge in [-0.3, -0.25) is 9.59 Å². The Hall–Kier alpha value is -1.10. The topological polar surface area (TPSA) is 92.4 Å². The lowest BCUT2D eigenvalue weighted by Gasteiger charge is -2.39. The molecule has 0 saturated heterocycles. The van der Waals surface area contributed by atoms with Gasteiger partial charge in [0.1, 0.15) is 0 Å². The Labute approximate surface area is 114 Å². The summed E-state index contributed by atoms with van der Waals surface area (Å²) < 4.78 is 0. The van der Waals surface area contributed by atoms with Crippen LogP contribution in [0.3, 0.4) is 0 Å². The highest BCUT2D eigenvalue weighted by Crippen LogP contribution is 2.30. The maximum Gasteiger partial charge on any atom is 0.308 e. The van der Waals surface area contributed by atoms with Gasteiger partial charge in [-0.2, -0.15) is 0 Å². The molecule has 0 aromatic rings. The number of carbonyl (C=O) groups is 2. The van der Waals surface area contributed by atoms with E-state index in [-0.39, 0.29) is 11.9 Å². The molecule has 1 amide bonds. The van der Waals surface area contributed by atoms with E-state index in [0.29, 0.717) is 6.42 Å². The zero-order valence-corrected chi connectivity index (χ0v) is 12.3. The summed E-state index contributed by atoms with van der Waals surface area (Å²) >= 11 is 0. The average molecular weight is 270 g/mol. The van der Waals surface area contributed by atoms with Gasteiger partial charge >= 0.3 is 5.97 Å². The molecule has 0 heterocycles. The monoisotopic (exact) mass is 270 g/mol. The third-order valence-electron chi connectivity index (χ3n) is 4.58. The van der Waals surface area contributed by atoms with Crippen molar-refractivity contribution in [2.24, 2.45) is 17.1 Å². The summed E-state index contributed by atoms with van der Waals surface area (Å²) in [5.41, 5.74) is 4.63. The van der Waals surface area contributed by atoms with Crippen LogP contribution >= 0.6 is 0 Å². The van der Waals surface area contributed by atoms with Crippen molar-refractivity contribution in [1.82, 2.24) is 5.32 Å². The second-order valence-electron chi connectivity index (χ2n) is 6.66. The highest BCUT2D eigenvalue weighted by Gasteiger charge is 2.42. The van der Waals surface area contributed by atoms with Gasteiger partial charge in [0.25, 0.3) is 0 Å². The predicted octanol–water partition coefficient (Wildman–Crippen LogP) is 1.51. The minimum Gasteiger partial charge on any atom is -0.481 e. The SMILES string of the molecule is CC(C)(N)C(C)(C)C(=O)NC1CCCCC1C(=O)O. The molecule has 2 unspecified atom stereocenters. The van der Waals surface area contributed by atoms with Crippen molar-refractivity contribution >= 4 is 11.9 Å². The van der Waals surface area contributed by atoms with Crippen LogP contribution in [0, 0.1) is 11.3 Å². The van der Waals surface area contributed by atoms with Gasteiger partial charge in [0.15, 0.2) is 0 Å². The fourth-order valence-corrected chi connectivity index (χ4v) is 2.24. The Morgan fingerprint density at radius 1 is 1.16 bits per heavy atom. The first-order chi connectivity index (χ1) is 8.57. The van der Waals surface area contributed by atoms with Gasteiger partial charge in [-0.1, -0.05) is 12.8 Å². The van der Waals surface area contributed by atoms with E-state index in [2.05, 4.69) is 5.32 Å². The van der Waals surface area contributed by atoms with Crippen molar-refractivity contribution < 1.29 is 14.7 Å². The standard InChI is InChI=1S/C14H26N2O3/c1-13(2,14(3,4)15)12(19)16-10-8-6-5-7-9(10)11(17)18/h9-10H,5-8,15H2,1-4H3,(H,16,19)(H,17,18). The van der Waals surface area contributed by atoms with E-state index < -0.39 is 22.8 Å². The van der Waals surface area contributed by atoms with Gasteiger partial charge in [0.05, 0.1) is 11.3 Å². The van der Waals surface area contributed by atoms with Crippen molar-refractivity contribution in [1.29, 1.82) is 0 Å². The summed E-state index contributed by atoms with van der Waals surface area (Å²) in [5, 5.41) is 12.1. The van der Waals surface area contributed by atoms with Gasteiger partial charge in [-0.05, 0) is 40.5 Å². The van der Waals surface area contributed by atoms with Crippen LogP contribution in [-0.2, 0) is 9.59 Å². The molecule has 1 aliphatic rings. The molecule has 4 N–H and O–H groups in total. The first-order valence-corrected chi connectivity index (χ1v) is 6.90. The van der Waals surface area contributed by atoms with E-state index in [9.17, 15) is 14.7 Å². The molecule has 110 valence electrons. The first-order valence-electron chi connectivity index (χ1n) is 6.90. The Balaban J connectivity index is 2.77. The molecule has 0 aromatic heterocycles. The van der Waals surface area contributed by atoms with Crippen molar-refractivity contribution in [3.63, 3.8) is 0 Å². The van der Waals surface area contributed by atoms with Crippen LogP contribution < -0.4 is 11.1 Å². The largest absolute Gasteiger partial charge is 0.481 e. The number of nitrogens with one attached hydrogen (secondary N) is 1. The molecule has 0 radical (unpaired) electrons. The van der Waals surface area contributed by atoms with Crippen molar-refractivity contribution in [2.45, 2.75) is 65.0 Å². The van der Waals surface area contributed by atoms with Crippen molar-refractivity contribution in [3.8, 4) is 0 Å². The Kier molecular flexibility index (Phi) is 4.61. The molecule has 2 atom stereocenters. The second-order valence-corrected chi connectivity index (χ2v) is 6.66. The zero-order valence-electron chi connectivity index (χ0n) is 12.3. The summed E-state index contributed by atoms with van der Waals surface area (Å²) in [6.07, 6.45) is 3.23. The van der Waals surface area contributed by atoms with Crippen molar-refractivity contribution in [2.75, 3.05) is 0 Å². The molecule has 1 aliphatic carbocycles. The lowest BCUT2D eigenvalue weighted by atomic mass is 9.74. The smallest absolute Gasteiger partial charge is 0.308 e. The summed E-state index contributed by atoms with van der Waals surface area (Å²) in [6, 6.07) is -0.277. The lowest BCUT2D eigenvalue weighted by Crippen LogP contribution is -2.58. The molecule has 1 saturated carbocycles. The Bertz CT molecular complexity index is 358. The number of carbonyl (C=O) groups excluding carboxylic acids is 1. The summed E-state index contributed by atoms with van der Waals surface area (Å²) in [5.74, 6) is -1.47. The molecule has 5 heteroatoms. The fourth-order valence-electron chi connectivity index (χ4n) is 2.24. The lowest BCUT2D eigenvalue weighted by molar-refractivity contribution is -0.144. The van der Waals surface area contributed by atoms with E-state index in [1.807, 2.05) is 13.8 Å². The van der Waals surface area contributed by atoms with Crippen LogP contribution in [0.1, 0.15) is 53.4 Å². The number of rotatable bonds is 4. The molecule has 1 fully saturated rings. The molecular weight excluding hydrogens is 244 g/mol. The van der Waals surface area contributed by atoms with Crippen LogP contribution in [0.5, 0.6) is 0 Å². The number of nitrogens with two attached hydrogens (primary N) is 1. The molecule has 0 aromatic carbocycles. The van der Waals surface area contributed by atoms with Crippen LogP contribution in [-0.4, -0.2) is 28.6 Å². The fraction of sp³-hybridized carbons (Fsp3) is 0.857. The van der Waals surface area contributed by atoms with E-state index >= 15 is 0 Å². The molecular formula is C14H26N2O3. The average Bonchev–Trinajstić information content (AvgIpc) is 2.27. The number of aliphatic carboxylic acids is 1. The predicted molar refractivity (Wildman–Crippen MR) is 73.6 cm³/mol. The summed E-state index contributed by atoms with van der Waals surface area (Å²) in [7, 11) is 0. The number of hydrogen-bond donors (Lipinski definition) is 3. The van der Waals surface area contributed by atoms with Gasteiger partial charge in [0.2, 0.25) is 5.91 Å². The second kappa shape index (κ2) is 5.49. The maximum atomic E-state index is 12.4. The number of amides is 1. The van der Waals surface area contributed by atoms with E-state index in [1.54, 1.807) is 13.8 Å². The van der Waals surface area contributed by atoms with Gasteiger partial charge in [-0.25, -0.2) is 0 Å². The summed E-state index contributed by atoms with van der Waals surface area (Å²) in [4.78, 5) is 23.6. The van der Waals surface area contributed by atoms with Crippen molar-refractivity contribution in [3.05, 3.63) is 0 Å². The minimum absolute atomic E-state index is 0.168. The minimum atomic E-state index is -0.824. The highest BCUT2D eigenvalue weighted by molar-refractivity contribution is 5.84. The van der Waals surface area contributed by atoms with E-state index in [0.717, 1.165) is 19.3 Å².